The number of nitrogens with zero attached hydrogens (tertiary/aromatic N) is 2. The average Bonchev–Trinajstić information content (AvgIpc) is 2.92. The molecule has 1 N–H and O–H groups in total. The van der Waals surface area contributed by atoms with E-state index in [9.17, 15) is 22.4 Å². The summed E-state index contributed by atoms with van der Waals surface area (Å²) >= 11 is 6.25. The van der Waals surface area contributed by atoms with E-state index in [0.29, 0.717) is 5.56 Å². The van der Waals surface area contributed by atoms with Crippen LogP contribution >= 0.6 is 11.6 Å². The van der Waals surface area contributed by atoms with Gasteiger partial charge in [-0.25, -0.2) is 12.8 Å². The molecule has 220 valence electrons. The van der Waals surface area contributed by atoms with Crippen LogP contribution in [0.25, 0.3) is 0 Å². The second-order valence-electron chi connectivity index (χ2n) is 10.5. The summed E-state index contributed by atoms with van der Waals surface area (Å²) in [5, 5.41) is 3.14. The van der Waals surface area contributed by atoms with Gasteiger partial charge in [0.25, 0.3) is 10.0 Å². The number of hydrogen-bond donors (Lipinski definition) is 1. The molecule has 1 unspecified atom stereocenters. The molecule has 0 radical (unpaired) electrons. The molecule has 1 atom stereocenters. The molecule has 0 saturated carbocycles. The van der Waals surface area contributed by atoms with Crippen molar-refractivity contribution in [3.8, 4) is 5.75 Å². The number of sulfonamides is 1. The lowest BCUT2D eigenvalue weighted by molar-refractivity contribution is -0.141. The van der Waals surface area contributed by atoms with Gasteiger partial charge in [-0.15, -0.1) is 0 Å². The number of amides is 2. The summed E-state index contributed by atoms with van der Waals surface area (Å²) < 4.78 is 47.9. The predicted molar refractivity (Wildman–Crippen MR) is 158 cm³/mol. The van der Waals surface area contributed by atoms with Crippen molar-refractivity contribution in [3.63, 3.8) is 0 Å². The second kappa shape index (κ2) is 13.4. The quantitative estimate of drug-likeness (QED) is 0.316. The Balaban J connectivity index is 2.12. The number of rotatable bonds is 11. The van der Waals surface area contributed by atoms with E-state index in [1.807, 2.05) is 20.8 Å². The first-order valence-electron chi connectivity index (χ1n) is 13.0. The van der Waals surface area contributed by atoms with Gasteiger partial charge >= 0.3 is 0 Å². The predicted octanol–water partition coefficient (Wildman–Crippen LogP) is 5.41. The van der Waals surface area contributed by atoms with E-state index in [4.69, 9.17) is 16.3 Å². The fourth-order valence-electron chi connectivity index (χ4n) is 4.25. The second-order valence-corrected chi connectivity index (χ2v) is 12.8. The molecule has 8 nitrogen and oxygen atoms in total. The van der Waals surface area contributed by atoms with Crippen LogP contribution in [0.15, 0.2) is 77.7 Å². The topological polar surface area (TPSA) is 96.0 Å². The van der Waals surface area contributed by atoms with Crippen molar-refractivity contribution in [1.29, 1.82) is 0 Å². The van der Waals surface area contributed by atoms with Crippen molar-refractivity contribution >= 4 is 39.1 Å². The van der Waals surface area contributed by atoms with E-state index in [1.165, 1.54) is 60.5 Å². The van der Waals surface area contributed by atoms with E-state index in [2.05, 4.69) is 5.32 Å². The van der Waals surface area contributed by atoms with Gasteiger partial charge in [0.15, 0.2) is 0 Å². The zero-order valence-electron chi connectivity index (χ0n) is 23.7. The van der Waals surface area contributed by atoms with E-state index in [1.54, 1.807) is 31.2 Å². The number of carbonyl (C=O) groups excluding carboxylic acids is 2. The van der Waals surface area contributed by atoms with Gasteiger partial charge in [0.05, 0.1) is 17.7 Å². The summed E-state index contributed by atoms with van der Waals surface area (Å²) in [7, 11) is -2.91. The highest BCUT2D eigenvalue weighted by Gasteiger charge is 2.35. The maximum atomic E-state index is 14.1. The zero-order chi connectivity index (χ0) is 30.4. The van der Waals surface area contributed by atoms with Crippen molar-refractivity contribution in [2.75, 3.05) is 18.0 Å². The normalized spacial score (nSPS) is 12.4. The monoisotopic (exact) mass is 603 g/mol. The average molecular weight is 604 g/mol. The first kappa shape index (κ1) is 31.9. The Kier molecular flexibility index (Phi) is 10.4. The fourth-order valence-corrected chi connectivity index (χ4v) is 5.85. The highest BCUT2D eigenvalue weighted by atomic mass is 35.5. The fraction of sp³-hybridized carbons (Fsp3) is 0.333. The van der Waals surface area contributed by atoms with Gasteiger partial charge in [0, 0.05) is 17.1 Å². The molecule has 3 aromatic rings. The largest absolute Gasteiger partial charge is 0.495 e. The van der Waals surface area contributed by atoms with Crippen molar-refractivity contribution < 1.29 is 27.1 Å². The number of halogens is 2. The molecule has 0 aromatic heterocycles. The van der Waals surface area contributed by atoms with Gasteiger partial charge < -0.3 is 15.0 Å². The molecule has 11 heteroatoms. The van der Waals surface area contributed by atoms with Crippen LogP contribution in [0.4, 0.5) is 10.1 Å². The van der Waals surface area contributed by atoms with Crippen molar-refractivity contribution in [2.45, 2.75) is 57.1 Å². The van der Waals surface area contributed by atoms with Crippen LogP contribution in [0.5, 0.6) is 5.75 Å². The maximum Gasteiger partial charge on any atom is 0.264 e. The highest BCUT2D eigenvalue weighted by Crippen LogP contribution is 2.35. The lowest BCUT2D eigenvalue weighted by atomic mass is 10.1. The molecule has 0 aliphatic carbocycles. The van der Waals surface area contributed by atoms with Crippen LogP contribution < -0.4 is 14.4 Å². The summed E-state index contributed by atoms with van der Waals surface area (Å²) in [5.74, 6) is -1.30. The third kappa shape index (κ3) is 8.20. The van der Waals surface area contributed by atoms with Gasteiger partial charge in [0.1, 0.15) is 24.2 Å². The van der Waals surface area contributed by atoms with E-state index in [-0.39, 0.29) is 34.3 Å². The number of carbonyl (C=O) groups is 2. The van der Waals surface area contributed by atoms with Crippen LogP contribution in [-0.4, -0.2) is 50.4 Å². The Bertz CT molecular complexity index is 1460. The molecule has 0 spiro atoms. The van der Waals surface area contributed by atoms with Crippen LogP contribution in [0, 0.1) is 5.82 Å². The summed E-state index contributed by atoms with van der Waals surface area (Å²) in [4.78, 5) is 28.8. The number of methoxy groups -OCH3 is 1. The first-order valence-corrected chi connectivity index (χ1v) is 14.9. The standard InChI is InChI=1S/C30H35ClFN3O5S/c1-6-25(29(37)33-30(2,3)4)34(19-21-12-15-23(32)16-13-21)28(36)20-35(26-18-22(31)14-17-27(26)40-5)41(38,39)24-10-8-7-9-11-24/h7-18,25H,6,19-20H2,1-5H3,(H,33,37). The lowest BCUT2D eigenvalue weighted by Gasteiger charge is -2.35. The van der Waals surface area contributed by atoms with Crippen molar-refractivity contribution in [3.05, 3.63) is 89.2 Å². The molecule has 0 fully saturated rings. The third-order valence-electron chi connectivity index (χ3n) is 6.17. The zero-order valence-corrected chi connectivity index (χ0v) is 25.3. The van der Waals surface area contributed by atoms with Crippen LogP contribution in [-0.2, 0) is 26.2 Å². The van der Waals surface area contributed by atoms with Crippen molar-refractivity contribution in [1.82, 2.24) is 10.2 Å². The molecule has 41 heavy (non-hydrogen) atoms. The Hall–Kier alpha value is -3.63. The van der Waals surface area contributed by atoms with Gasteiger partial charge in [-0.2, -0.15) is 0 Å². The number of anilines is 1. The van der Waals surface area contributed by atoms with Crippen LogP contribution in [0.2, 0.25) is 5.02 Å². The summed E-state index contributed by atoms with van der Waals surface area (Å²) in [6.07, 6.45) is 0.251. The highest BCUT2D eigenvalue weighted by molar-refractivity contribution is 7.92. The van der Waals surface area contributed by atoms with Gasteiger partial charge in [-0.1, -0.05) is 48.9 Å². The Morgan fingerprint density at radius 3 is 2.22 bits per heavy atom. The van der Waals surface area contributed by atoms with E-state index in [0.717, 1.165) is 4.31 Å². The molecule has 0 aliphatic rings. The molecule has 3 rings (SSSR count). The van der Waals surface area contributed by atoms with Crippen molar-refractivity contribution in [2.24, 2.45) is 0 Å². The number of nitrogens with one attached hydrogen (secondary N) is 1. The van der Waals surface area contributed by atoms with Crippen LogP contribution in [0.3, 0.4) is 0 Å². The van der Waals surface area contributed by atoms with Gasteiger partial charge in [-0.3, -0.25) is 13.9 Å². The summed E-state index contributed by atoms with van der Waals surface area (Å²) in [6, 6.07) is 16.8. The molecular formula is C30H35ClFN3O5S. The van der Waals surface area contributed by atoms with Gasteiger partial charge in [-0.05, 0) is 75.2 Å². The molecule has 0 bridgehead atoms. The van der Waals surface area contributed by atoms with E-state index >= 15 is 0 Å². The van der Waals surface area contributed by atoms with Gasteiger partial charge in [0.2, 0.25) is 11.8 Å². The van der Waals surface area contributed by atoms with Crippen LogP contribution in [0.1, 0.15) is 39.7 Å². The van der Waals surface area contributed by atoms with E-state index < -0.39 is 45.8 Å². The number of ether oxygens (including phenoxy) is 1. The minimum atomic E-state index is -4.29. The summed E-state index contributed by atoms with van der Waals surface area (Å²) in [6.45, 7) is 6.52. The third-order valence-corrected chi connectivity index (χ3v) is 8.18. The molecular weight excluding hydrogens is 569 g/mol. The molecule has 2 amide bonds. The summed E-state index contributed by atoms with van der Waals surface area (Å²) in [5.41, 5.74) is 0.0528. The molecule has 3 aromatic carbocycles. The number of hydrogen-bond acceptors (Lipinski definition) is 5. The Morgan fingerprint density at radius 2 is 1.66 bits per heavy atom. The maximum absolute atomic E-state index is 14.1. The number of benzene rings is 3. The Morgan fingerprint density at radius 1 is 1.02 bits per heavy atom. The minimum absolute atomic E-state index is 0.0440. The first-order chi connectivity index (χ1) is 19.3. The molecule has 0 saturated heterocycles. The molecule has 0 aliphatic heterocycles. The smallest absolute Gasteiger partial charge is 0.264 e. The molecule has 0 heterocycles. The SMILES string of the molecule is CCC(C(=O)NC(C)(C)C)N(Cc1ccc(F)cc1)C(=O)CN(c1cc(Cl)ccc1OC)S(=O)(=O)c1ccccc1. The lowest BCUT2D eigenvalue weighted by Crippen LogP contribution is -2.55. The Labute approximate surface area is 246 Å². The minimum Gasteiger partial charge on any atom is -0.495 e.